The molecule has 0 aliphatic carbocycles. The third kappa shape index (κ3) is 4.02. The van der Waals surface area contributed by atoms with E-state index >= 15 is 0 Å². The van der Waals surface area contributed by atoms with Gasteiger partial charge in [0.15, 0.2) is 6.04 Å². The fraction of sp³-hybridized carbons (Fsp3) is 0.185. The van der Waals surface area contributed by atoms with Gasteiger partial charge in [0.05, 0.1) is 7.11 Å². The van der Waals surface area contributed by atoms with Crippen molar-refractivity contribution >= 4 is 5.78 Å². The highest BCUT2D eigenvalue weighted by atomic mass is 16.5. The number of hydrogen-bond acceptors (Lipinski definition) is 3. The van der Waals surface area contributed by atoms with Gasteiger partial charge in [0.25, 0.3) is 0 Å². The molecule has 1 aliphatic rings. The summed E-state index contributed by atoms with van der Waals surface area (Å²) >= 11 is 0. The van der Waals surface area contributed by atoms with Gasteiger partial charge < -0.3 is 9.47 Å². The third-order valence-electron chi connectivity index (χ3n) is 5.86. The van der Waals surface area contributed by atoms with Crippen LogP contribution >= 0.6 is 0 Å². The molecule has 0 amide bonds. The first-order valence-corrected chi connectivity index (χ1v) is 10.8. The van der Waals surface area contributed by atoms with Crippen LogP contribution in [-0.4, -0.2) is 23.6 Å². The van der Waals surface area contributed by atoms with Crippen LogP contribution in [0.15, 0.2) is 97.6 Å². The van der Waals surface area contributed by atoms with Crippen molar-refractivity contribution in [2.75, 3.05) is 7.11 Å². The number of nitrogens with zero attached hydrogens (tertiary/aromatic N) is 2. The van der Waals surface area contributed by atoms with E-state index < -0.39 is 6.04 Å². The zero-order valence-electron chi connectivity index (χ0n) is 17.9. The number of rotatable bonds is 7. The minimum absolute atomic E-state index is 0.0398. The summed E-state index contributed by atoms with van der Waals surface area (Å²) in [5.74, 6) is 1.82. The Morgan fingerprint density at radius 1 is 1.09 bits per heavy atom. The lowest BCUT2D eigenvalue weighted by Gasteiger charge is -2.13. The Bertz CT molecular complexity index is 1220. The van der Waals surface area contributed by atoms with Crippen molar-refractivity contribution in [1.82, 2.24) is 4.57 Å². The van der Waals surface area contributed by atoms with E-state index in [0.29, 0.717) is 12.1 Å². The first-order chi connectivity index (χ1) is 15.7. The van der Waals surface area contributed by atoms with Crippen LogP contribution in [0, 0.1) is 0 Å². The average Bonchev–Trinajstić information content (AvgIpc) is 3.46. The summed E-state index contributed by atoms with van der Waals surface area (Å²) in [4.78, 5) is 13.4. The predicted octanol–water partition coefficient (Wildman–Crippen LogP) is 4.26. The monoisotopic (exact) mass is 425 g/mol. The van der Waals surface area contributed by atoms with Crippen LogP contribution in [0.3, 0.4) is 0 Å². The number of hydrogen-bond donors (Lipinski definition) is 0. The zero-order valence-corrected chi connectivity index (χ0v) is 17.9. The van der Waals surface area contributed by atoms with Gasteiger partial charge in [0, 0.05) is 23.1 Å². The lowest BCUT2D eigenvalue weighted by atomic mass is 9.97. The molecule has 5 rings (SSSR count). The molecule has 5 nitrogen and oxygen atoms in total. The van der Waals surface area contributed by atoms with Gasteiger partial charge in [-0.15, -0.1) is 0 Å². The fourth-order valence-corrected chi connectivity index (χ4v) is 4.29. The molecule has 0 spiro atoms. The molecule has 0 saturated heterocycles. The molecule has 2 unspecified atom stereocenters. The van der Waals surface area contributed by atoms with Gasteiger partial charge in [-0.25, -0.2) is 9.13 Å². The zero-order chi connectivity index (χ0) is 21.9. The number of ketones is 1. The molecule has 3 aromatic carbocycles. The Hall–Kier alpha value is -3.86. The number of carbonyl (C=O) groups is 1. The minimum atomic E-state index is -0.425. The van der Waals surface area contributed by atoms with Gasteiger partial charge in [-0.1, -0.05) is 60.7 Å². The highest BCUT2D eigenvalue weighted by molar-refractivity contribution is 6.00. The molecule has 1 aliphatic heterocycles. The van der Waals surface area contributed by atoms with E-state index in [1.54, 1.807) is 7.11 Å². The summed E-state index contributed by atoms with van der Waals surface area (Å²) in [5, 5.41) is 0. The van der Waals surface area contributed by atoms with Crippen molar-refractivity contribution in [1.29, 1.82) is 0 Å². The molecule has 32 heavy (non-hydrogen) atoms. The number of imidazole rings is 1. The molecular weight excluding hydrogens is 400 g/mol. The molecule has 0 N–H and O–H groups in total. The number of carbonyl (C=O) groups excluding carboxylic acids is 1. The third-order valence-corrected chi connectivity index (χ3v) is 5.86. The molecule has 0 radical (unpaired) electrons. The van der Waals surface area contributed by atoms with Crippen LogP contribution in [0.25, 0.3) is 0 Å². The lowest BCUT2D eigenvalue weighted by molar-refractivity contribution is -0.702. The highest BCUT2D eigenvalue weighted by Crippen LogP contribution is 2.32. The molecule has 160 valence electrons. The maximum Gasteiger partial charge on any atom is 0.244 e. The number of methoxy groups -OCH3 is 1. The summed E-state index contributed by atoms with van der Waals surface area (Å²) < 4.78 is 15.5. The van der Waals surface area contributed by atoms with E-state index in [-0.39, 0.29) is 11.9 Å². The number of fused-ring (bicyclic) bond motifs is 1. The highest BCUT2D eigenvalue weighted by Gasteiger charge is 2.30. The Balaban J connectivity index is 1.38. The van der Waals surface area contributed by atoms with E-state index in [2.05, 4.69) is 4.57 Å². The molecule has 4 aromatic rings. The Labute approximate surface area is 187 Å². The lowest BCUT2D eigenvalue weighted by Crippen LogP contribution is -2.40. The van der Waals surface area contributed by atoms with Gasteiger partial charge in [0.1, 0.15) is 36.5 Å². The SMILES string of the molecule is COc1ccc2c(c1)CC(C[n+]1ccn(C(C(=O)c3ccccc3)c3ccccc3)c1)O2. The second-order valence-electron chi connectivity index (χ2n) is 8.02. The van der Waals surface area contributed by atoms with Gasteiger partial charge in [-0.05, 0) is 18.2 Å². The van der Waals surface area contributed by atoms with Crippen LogP contribution in [0.4, 0.5) is 0 Å². The molecule has 0 bridgehead atoms. The first-order valence-electron chi connectivity index (χ1n) is 10.8. The van der Waals surface area contributed by atoms with Crippen LogP contribution in [0.1, 0.15) is 27.5 Å². The van der Waals surface area contributed by atoms with E-state index in [0.717, 1.165) is 29.0 Å². The van der Waals surface area contributed by atoms with Crippen molar-refractivity contribution in [3.63, 3.8) is 0 Å². The quantitative estimate of drug-likeness (QED) is 0.328. The van der Waals surface area contributed by atoms with Gasteiger partial charge in [-0.3, -0.25) is 4.79 Å². The van der Waals surface area contributed by atoms with Crippen LogP contribution in [0.2, 0.25) is 0 Å². The summed E-state index contributed by atoms with van der Waals surface area (Å²) in [6.07, 6.45) is 6.82. The number of benzene rings is 3. The molecule has 2 atom stereocenters. The maximum absolute atomic E-state index is 13.4. The number of ether oxygens (including phenoxy) is 2. The topological polar surface area (TPSA) is 44.3 Å². The van der Waals surface area contributed by atoms with Gasteiger partial charge in [0.2, 0.25) is 12.1 Å². The standard InChI is InChI=1S/C27H25N2O3/c1-31-23-12-13-25-22(16-23)17-24(32-25)18-28-14-15-29(19-28)26(20-8-4-2-5-9-20)27(30)21-10-6-3-7-11-21/h2-16,19,24,26H,17-18H2,1H3/q+1. The van der Waals surface area contributed by atoms with Crippen molar-refractivity contribution in [2.45, 2.75) is 25.1 Å². The molecule has 0 fully saturated rings. The second kappa shape index (κ2) is 8.71. The molecule has 1 aromatic heterocycles. The van der Waals surface area contributed by atoms with E-state index in [1.165, 1.54) is 0 Å². The van der Waals surface area contributed by atoms with E-state index in [4.69, 9.17) is 9.47 Å². The predicted molar refractivity (Wildman–Crippen MR) is 121 cm³/mol. The largest absolute Gasteiger partial charge is 0.497 e. The number of aromatic nitrogens is 2. The van der Waals surface area contributed by atoms with Gasteiger partial charge >= 0.3 is 0 Å². The fourth-order valence-electron chi connectivity index (χ4n) is 4.29. The molecular formula is C27H25N2O3+. The second-order valence-corrected chi connectivity index (χ2v) is 8.02. The van der Waals surface area contributed by atoms with E-state index in [9.17, 15) is 4.79 Å². The maximum atomic E-state index is 13.4. The van der Waals surface area contributed by atoms with Crippen molar-refractivity contribution < 1.29 is 18.8 Å². The minimum Gasteiger partial charge on any atom is -0.497 e. The van der Waals surface area contributed by atoms with Crippen molar-refractivity contribution in [2.24, 2.45) is 0 Å². The van der Waals surface area contributed by atoms with E-state index in [1.807, 2.05) is 102 Å². The summed E-state index contributed by atoms with van der Waals surface area (Å²) in [6.45, 7) is 0.699. The Kier molecular flexibility index (Phi) is 5.46. The first kappa shape index (κ1) is 20.1. The van der Waals surface area contributed by atoms with Crippen LogP contribution in [0.5, 0.6) is 11.5 Å². The number of Topliss-reactive ketones (excluding diaryl/α,β-unsaturated/α-hetero) is 1. The van der Waals surface area contributed by atoms with Crippen molar-refractivity contribution in [3.05, 3.63) is 114 Å². The molecule has 0 saturated carbocycles. The van der Waals surface area contributed by atoms with Crippen molar-refractivity contribution in [3.8, 4) is 11.5 Å². The van der Waals surface area contributed by atoms with Gasteiger partial charge in [-0.2, -0.15) is 0 Å². The Morgan fingerprint density at radius 2 is 1.84 bits per heavy atom. The average molecular weight is 426 g/mol. The smallest absolute Gasteiger partial charge is 0.244 e. The molecule has 2 heterocycles. The van der Waals surface area contributed by atoms with Crippen LogP contribution < -0.4 is 14.0 Å². The normalized spacial score (nSPS) is 15.6. The summed E-state index contributed by atoms with van der Waals surface area (Å²) in [6, 6.07) is 24.9. The molecule has 5 heteroatoms. The summed E-state index contributed by atoms with van der Waals surface area (Å²) in [7, 11) is 1.67. The van der Waals surface area contributed by atoms with Crippen LogP contribution in [-0.2, 0) is 13.0 Å². The Morgan fingerprint density at radius 3 is 2.59 bits per heavy atom. The summed E-state index contributed by atoms with van der Waals surface area (Å²) in [5.41, 5.74) is 2.82.